The second kappa shape index (κ2) is 7.96. The normalized spacial score (nSPS) is 46.9. The van der Waals surface area contributed by atoms with E-state index in [0.717, 1.165) is 37.5 Å². The topological polar surface area (TPSA) is 61.8 Å². The third-order valence-electron chi connectivity index (χ3n) is 11.4. The van der Waals surface area contributed by atoms with Crippen LogP contribution in [0, 0.1) is 58.2 Å². The highest BCUT2D eigenvalue weighted by molar-refractivity contribution is 5.81. The molecule has 0 spiro atoms. The van der Waals surface area contributed by atoms with Gasteiger partial charge in [0.2, 0.25) is 0 Å². The third-order valence-corrected chi connectivity index (χ3v) is 11.4. The van der Waals surface area contributed by atoms with Crippen molar-refractivity contribution in [1.82, 2.24) is 0 Å². The van der Waals surface area contributed by atoms with Crippen LogP contribution in [0.25, 0.3) is 0 Å². The van der Waals surface area contributed by atoms with Crippen LogP contribution in [0.2, 0.25) is 0 Å². The van der Waals surface area contributed by atoms with Crippen molar-refractivity contribution < 1.29 is 23.8 Å². The van der Waals surface area contributed by atoms with E-state index in [9.17, 15) is 9.59 Å². The van der Waals surface area contributed by atoms with Crippen LogP contribution in [0.15, 0.2) is 0 Å². The van der Waals surface area contributed by atoms with Gasteiger partial charge in [-0.3, -0.25) is 9.59 Å². The van der Waals surface area contributed by atoms with Gasteiger partial charge in [-0.25, -0.2) is 0 Å². The Morgan fingerprint density at radius 3 is 2.27 bits per heavy atom. The summed E-state index contributed by atoms with van der Waals surface area (Å²) in [5.74, 6) is 4.51. The molecule has 0 N–H and O–H groups in total. The van der Waals surface area contributed by atoms with Crippen LogP contribution < -0.4 is 0 Å². The van der Waals surface area contributed by atoms with E-state index < -0.39 is 0 Å². The molecule has 6 rings (SSSR count). The summed E-state index contributed by atoms with van der Waals surface area (Å²) in [5.41, 5.74) is -0.225. The van der Waals surface area contributed by atoms with E-state index in [2.05, 4.69) is 20.8 Å². The number of carbonyl (C=O) groups excluding carboxylic acids is 2. The molecule has 0 aromatic rings. The Morgan fingerprint density at radius 1 is 0.848 bits per heavy atom. The number of ether oxygens (including phenoxy) is 3. The molecule has 0 saturated heterocycles. The quantitative estimate of drug-likeness (QED) is 0.292. The van der Waals surface area contributed by atoms with Crippen LogP contribution in [-0.4, -0.2) is 31.4 Å². The Kier molecular flexibility index (Phi) is 5.40. The molecule has 184 valence electrons. The van der Waals surface area contributed by atoms with Gasteiger partial charge < -0.3 is 14.2 Å². The van der Waals surface area contributed by atoms with E-state index >= 15 is 0 Å². The predicted octanol–water partition coefficient (Wildman–Crippen LogP) is 5.36. The van der Waals surface area contributed by atoms with Gasteiger partial charge in [-0.15, -0.1) is 0 Å². The van der Waals surface area contributed by atoms with Crippen molar-refractivity contribution in [2.75, 3.05) is 13.4 Å². The summed E-state index contributed by atoms with van der Waals surface area (Å²) in [6.45, 7) is 7.08. The van der Waals surface area contributed by atoms with Crippen molar-refractivity contribution in [2.45, 2.75) is 91.1 Å². The SMILES string of the molecule is CC1(C)CC1(C)C(=O)OCC1CC2CC1C1C3CC(CC3C(=O)OCOC3CCCCC3)C21. The molecule has 0 aromatic heterocycles. The Hall–Kier alpha value is -1.10. The molecule has 33 heavy (non-hydrogen) atoms. The lowest BCUT2D eigenvalue weighted by Gasteiger charge is -2.40. The molecule has 5 nitrogen and oxygen atoms in total. The lowest BCUT2D eigenvalue weighted by molar-refractivity contribution is -0.170. The standard InChI is InChI=1S/C28H42O5/c1-27(2)14-28(27,3)26(30)31-13-18-9-16-10-20(18)24-21-11-17(23(16)24)12-22(21)25(29)33-15-32-19-7-5-4-6-8-19/h16-24H,4-15H2,1-3H3. The maximum Gasteiger partial charge on any atom is 0.312 e. The summed E-state index contributed by atoms with van der Waals surface area (Å²) in [5, 5.41) is 0. The highest BCUT2D eigenvalue weighted by atomic mass is 16.7. The maximum absolute atomic E-state index is 13.0. The van der Waals surface area contributed by atoms with E-state index in [1.165, 1.54) is 38.5 Å². The molecular weight excluding hydrogens is 416 g/mol. The monoisotopic (exact) mass is 458 g/mol. The van der Waals surface area contributed by atoms with Crippen molar-refractivity contribution in [2.24, 2.45) is 58.2 Å². The van der Waals surface area contributed by atoms with E-state index in [1.54, 1.807) is 0 Å². The van der Waals surface area contributed by atoms with Gasteiger partial charge >= 0.3 is 11.9 Å². The van der Waals surface area contributed by atoms with Crippen LogP contribution in [0.3, 0.4) is 0 Å². The first kappa shape index (κ1) is 22.4. The highest BCUT2D eigenvalue weighted by Crippen LogP contribution is 2.70. The Bertz CT molecular complexity index is 800. The van der Waals surface area contributed by atoms with Crippen molar-refractivity contribution in [1.29, 1.82) is 0 Å². The fraction of sp³-hybridized carbons (Fsp3) is 0.929. The molecule has 5 heteroatoms. The lowest BCUT2D eigenvalue weighted by atomic mass is 9.65. The van der Waals surface area contributed by atoms with Gasteiger partial charge in [0.25, 0.3) is 0 Å². The smallest absolute Gasteiger partial charge is 0.312 e. The average molecular weight is 459 g/mol. The summed E-state index contributed by atoms with van der Waals surface area (Å²) >= 11 is 0. The number of fused-ring (bicyclic) bond motifs is 9. The molecule has 6 aliphatic rings. The molecule has 0 amide bonds. The zero-order valence-corrected chi connectivity index (χ0v) is 20.7. The third kappa shape index (κ3) is 3.58. The molecule has 0 aliphatic heterocycles. The Balaban J connectivity index is 1.03. The molecule has 0 aromatic carbocycles. The van der Waals surface area contributed by atoms with Crippen molar-refractivity contribution in [3.05, 3.63) is 0 Å². The van der Waals surface area contributed by atoms with Crippen LogP contribution in [0.5, 0.6) is 0 Å². The molecule has 9 unspecified atom stereocenters. The van der Waals surface area contributed by atoms with Crippen molar-refractivity contribution in [3.8, 4) is 0 Å². The Labute approximate surface area is 198 Å². The average Bonchev–Trinajstić information content (AvgIpc) is 3.38. The largest absolute Gasteiger partial charge is 0.465 e. The summed E-state index contributed by atoms with van der Waals surface area (Å²) in [6, 6.07) is 0. The highest BCUT2D eigenvalue weighted by Gasteiger charge is 2.67. The van der Waals surface area contributed by atoms with E-state index in [4.69, 9.17) is 14.2 Å². The van der Waals surface area contributed by atoms with Gasteiger partial charge in [0.1, 0.15) is 0 Å². The van der Waals surface area contributed by atoms with E-state index in [1.807, 2.05) is 0 Å². The molecule has 6 saturated carbocycles. The molecule has 0 heterocycles. The first-order valence-electron chi connectivity index (χ1n) is 13.7. The van der Waals surface area contributed by atoms with Crippen LogP contribution in [0.1, 0.15) is 85.0 Å². The van der Waals surface area contributed by atoms with Crippen molar-refractivity contribution in [3.63, 3.8) is 0 Å². The predicted molar refractivity (Wildman–Crippen MR) is 123 cm³/mol. The number of hydrogen-bond acceptors (Lipinski definition) is 5. The summed E-state index contributed by atoms with van der Waals surface area (Å²) in [4.78, 5) is 25.7. The Morgan fingerprint density at radius 2 is 1.55 bits per heavy atom. The molecule has 6 aliphatic carbocycles. The first-order valence-corrected chi connectivity index (χ1v) is 13.7. The fourth-order valence-electron chi connectivity index (χ4n) is 9.26. The minimum absolute atomic E-state index is 0.000753. The summed E-state index contributed by atoms with van der Waals surface area (Å²) < 4.78 is 17.4. The second-order valence-electron chi connectivity index (χ2n) is 13.3. The number of rotatable bonds is 7. The maximum atomic E-state index is 13.0. The molecular formula is C28H42O5. The number of esters is 2. The second-order valence-corrected chi connectivity index (χ2v) is 13.3. The van der Waals surface area contributed by atoms with E-state index in [-0.39, 0.29) is 41.6 Å². The van der Waals surface area contributed by atoms with Gasteiger partial charge in [-0.1, -0.05) is 33.1 Å². The first-order chi connectivity index (χ1) is 15.8. The van der Waals surface area contributed by atoms with E-state index in [0.29, 0.717) is 36.2 Å². The lowest BCUT2D eigenvalue weighted by Crippen LogP contribution is -2.40. The summed E-state index contributed by atoms with van der Waals surface area (Å²) in [7, 11) is 0. The van der Waals surface area contributed by atoms with Crippen LogP contribution in [0.4, 0.5) is 0 Å². The van der Waals surface area contributed by atoms with Crippen LogP contribution >= 0.6 is 0 Å². The number of carbonyl (C=O) groups is 2. The van der Waals surface area contributed by atoms with Gasteiger partial charge in [0.05, 0.1) is 24.0 Å². The molecule has 6 fully saturated rings. The fourth-order valence-corrected chi connectivity index (χ4v) is 9.26. The zero-order valence-electron chi connectivity index (χ0n) is 20.7. The van der Waals surface area contributed by atoms with Crippen LogP contribution in [-0.2, 0) is 23.8 Å². The minimum atomic E-state index is -0.297. The van der Waals surface area contributed by atoms with Gasteiger partial charge in [-0.05, 0) is 98.7 Å². The number of hydrogen-bond donors (Lipinski definition) is 0. The van der Waals surface area contributed by atoms with Gasteiger partial charge in [0, 0.05) is 0 Å². The minimum Gasteiger partial charge on any atom is -0.465 e. The molecule has 9 atom stereocenters. The molecule has 0 radical (unpaired) electrons. The van der Waals surface area contributed by atoms with Gasteiger partial charge in [0.15, 0.2) is 6.79 Å². The summed E-state index contributed by atoms with van der Waals surface area (Å²) in [6.07, 6.45) is 11.9. The zero-order chi connectivity index (χ0) is 23.0. The van der Waals surface area contributed by atoms with Gasteiger partial charge in [-0.2, -0.15) is 0 Å². The molecule has 4 bridgehead atoms. The van der Waals surface area contributed by atoms with Crippen molar-refractivity contribution >= 4 is 11.9 Å².